The smallest absolute Gasteiger partial charge is 0.222 e. The van der Waals surface area contributed by atoms with Crippen molar-refractivity contribution in [3.05, 3.63) is 12.0 Å². The number of rotatable bonds is 4. The Morgan fingerprint density at radius 2 is 2.11 bits per heavy atom. The topological polar surface area (TPSA) is 63.8 Å². The lowest BCUT2D eigenvalue weighted by molar-refractivity contribution is 0.318. The van der Waals surface area contributed by atoms with Crippen molar-refractivity contribution in [1.29, 1.82) is 0 Å². The van der Waals surface area contributed by atoms with Gasteiger partial charge < -0.3 is 11.1 Å². The van der Waals surface area contributed by atoms with E-state index in [-0.39, 0.29) is 11.8 Å². The van der Waals surface area contributed by atoms with Gasteiger partial charge in [0.05, 0.1) is 6.20 Å². The number of hydrogen-bond acceptors (Lipinski definition) is 4. The van der Waals surface area contributed by atoms with Crippen LogP contribution in [0.1, 0.15) is 45.4 Å². The Bertz CT molecular complexity index is 389. The van der Waals surface area contributed by atoms with Gasteiger partial charge in [-0.1, -0.05) is 19.8 Å². The molecule has 1 fully saturated rings. The van der Waals surface area contributed by atoms with E-state index < -0.39 is 5.82 Å². The average Bonchev–Trinajstić information content (AvgIpc) is 2.37. The fourth-order valence-corrected chi connectivity index (χ4v) is 2.68. The van der Waals surface area contributed by atoms with E-state index in [0.29, 0.717) is 6.04 Å². The van der Waals surface area contributed by atoms with Gasteiger partial charge in [0, 0.05) is 6.04 Å². The molecule has 0 saturated heterocycles. The normalized spacial score (nSPS) is 23.9. The zero-order chi connectivity index (χ0) is 13.0. The molecule has 1 aliphatic rings. The summed E-state index contributed by atoms with van der Waals surface area (Å²) in [6.45, 7) is 2.23. The van der Waals surface area contributed by atoms with Crippen LogP contribution in [0.25, 0.3) is 0 Å². The fraction of sp³-hybridized carbons (Fsp3) is 0.692. The molecule has 0 spiro atoms. The lowest BCUT2D eigenvalue weighted by Crippen LogP contribution is -2.27. The van der Waals surface area contributed by atoms with Gasteiger partial charge in [-0.3, -0.25) is 0 Å². The van der Waals surface area contributed by atoms with Crippen LogP contribution in [0, 0.1) is 11.7 Å². The molecule has 0 atom stereocenters. The number of anilines is 2. The molecule has 0 aliphatic heterocycles. The minimum atomic E-state index is -0.431. The highest BCUT2D eigenvalue weighted by molar-refractivity contribution is 5.40. The Morgan fingerprint density at radius 3 is 2.78 bits per heavy atom. The van der Waals surface area contributed by atoms with E-state index >= 15 is 0 Å². The summed E-state index contributed by atoms with van der Waals surface area (Å²) in [5, 5.41) is 3.15. The van der Waals surface area contributed by atoms with E-state index in [1.165, 1.54) is 25.7 Å². The van der Waals surface area contributed by atoms with Crippen molar-refractivity contribution >= 4 is 11.8 Å². The van der Waals surface area contributed by atoms with Gasteiger partial charge in [0.2, 0.25) is 5.95 Å². The van der Waals surface area contributed by atoms with Crippen LogP contribution in [0.5, 0.6) is 0 Å². The first-order valence-corrected chi connectivity index (χ1v) is 6.73. The second kappa shape index (κ2) is 5.98. The molecule has 1 saturated carbocycles. The third kappa shape index (κ3) is 3.31. The molecular formula is C13H21FN4. The van der Waals surface area contributed by atoms with E-state index in [1.807, 2.05) is 0 Å². The molecule has 1 aliphatic carbocycles. The van der Waals surface area contributed by atoms with Crippen molar-refractivity contribution in [2.24, 2.45) is 5.92 Å². The fourth-order valence-electron chi connectivity index (χ4n) is 2.68. The molecule has 18 heavy (non-hydrogen) atoms. The Labute approximate surface area is 107 Å². The number of halogens is 1. The SMILES string of the molecule is CCCC1CCC(Nc2nc(N)ncc2F)CC1. The summed E-state index contributed by atoms with van der Waals surface area (Å²) < 4.78 is 13.5. The predicted molar refractivity (Wildman–Crippen MR) is 70.7 cm³/mol. The predicted octanol–water partition coefficient (Wildman–Crippen LogP) is 2.97. The van der Waals surface area contributed by atoms with Crippen LogP contribution < -0.4 is 11.1 Å². The van der Waals surface area contributed by atoms with Crippen molar-refractivity contribution in [2.75, 3.05) is 11.1 Å². The van der Waals surface area contributed by atoms with Crippen molar-refractivity contribution in [3.8, 4) is 0 Å². The van der Waals surface area contributed by atoms with Gasteiger partial charge in [-0.2, -0.15) is 4.98 Å². The van der Waals surface area contributed by atoms with Gasteiger partial charge in [-0.05, 0) is 31.6 Å². The Hall–Kier alpha value is -1.39. The third-order valence-corrected chi connectivity index (χ3v) is 3.65. The maximum Gasteiger partial charge on any atom is 0.222 e. The van der Waals surface area contributed by atoms with Crippen molar-refractivity contribution in [3.63, 3.8) is 0 Å². The molecule has 1 heterocycles. The first-order valence-electron chi connectivity index (χ1n) is 6.73. The summed E-state index contributed by atoms with van der Waals surface area (Å²) >= 11 is 0. The zero-order valence-electron chi connectivity index (χ0n) is 10.8. The number of nitrogens with zero attached hydrogens (tertiary/aromatic N) is 2. The molecule has 1 aromatic rings. The lowest BCUT2D eigenvalue weighted by Gasteiger charge is -2.29. The van der Waals surface area contributed by atoms with E-state index in [4.69, 9.17) is 5.73 Å². The molecule has 0 unspecified atom stereocenters. The number of hydrogen-bond donors (Lipinski definition) is 2. The Balaban J connectivity index is 1.89. The maximum absolute atomic E-state index is 13.5. The van der Waals surface area contributed by atoms with Crippen LogP contribution in [0.2, 0.25) is 0 Å². The van der Waals surface area contributed by atoms with E-state index in [9.17, 15) is 4.39 Å². The second-order valence-corrected chi connectivity index (χ2v) is 5.08. The van der Waals surface area contributed by atoms with Gasteiger partial charge in [0.15, 0.2) is 11.6 Å². The van der Waals surface area contributed by atoms with Crippen molar-refractivity contribution in [2.45, 2.75) is 51.5 Å². The van der Waals surface area contributed by atoms with Crippen LogP contribution in [-0.2, 0) is 0 Å². The summed E-state index contributed by atoms with van der Waals surface area (Å²) in [7, 11) is 0. The summed E-state index contributed by atoms with van der Waals surface area (Å²) in [5.74, 6) is 0.758. The molecule has 3 N–H and O–H groups in total. The standard InChI is InChI=1S/C13H21FN4/c1-2-3-9-4-6-10(7-5-9)17-12-11(14)8-16-13(15)18-12/h8-10H,2-7H2,1H3,(H3,15,16,17,18). The number of aromatic nitrogens is 2. The highest BCUT2D eigenvalue weighted by Gasteiger charge is 2.21. The van der Waals surface area contributed by atoms with E-state index in [2.05, 4.69) is 22.2 Å². The molecular weight excluding hydrogens is 231 g/mol. The quantitative estimate of drug-likeness (QED) is 0.864. The molecule has 0 radical (unpaired) electrons. The van der Waals surface area contributed by atoms with Crippen LogP contribution >= 0.6 is 0 Å². The average molecular weight is 252 g/mol. The van der Waals surface area contributed by atoms with Gasteiger partial charge in [-0.15, -0.1) is 0 Å². The molecule has 4 nitrogen and oxygen atoms in total. The van der Waals surface area contributed by atoms with Crippen LogP contribution in [0.3, 0.4) is 0 Å². The van der Waals surface area contributed by atoms with Crippen LogP contribution in [0.4, 0.5) is 16.2 Å². The second-order valence-electron chi connectivity index (χ2n) is 5.08. The van der Waals surface area contributed by atoms with Gasteiger partial charge in [0.1, 0.15) is 0 Å². The van der Waals surface area contributed by atoms with E-state index in [0.717, 1.165) is 25.0 Å². The molecule has 0 aromatic carbocycles. The minimum Gasteiger partial charge on any atom is -0.368 e. The molecule has 0 bridgehead atoms. The van der Waals surface area contributed by atoms with E-state index in [1.54, 1.807) is 0 Å². The molecule has 100 valence electrons. The zero-order valence-corrected chi connectivity index (χ0v) is 10.8. The molecule has 1 aromatic heterocycles. The first-order chi connectivity index (χ1) is 8.69. The molecule has 5 heteroatoms. The Kier molecular flexibility index (Phi) is 4.33. The molecule has 0 amide bonds. The van der Waals surface area contributed by atoms with Crippen molar-refractivity contribution in [1.82, 2.24) is 9.97 Å². The Morgan fingerprint density at radius 1 is 1.39 bits per heavy atom. The highest BCUT2D eigenvalue weighted by Crippen LogP contribution is 2.29. The monoisotopic (exact) mass is 252 g/mol. The molecule has 2 rings (SSSR count). The summed E-state index contributed by atoms with van der Waals surface area (Å²) in [6, 6.07) is 0.307. The third-order valence-electron chi connectivity index (χ3n) is 3.65. The number of nitrogens with one attached hydrogen (secondary N) is 1. The largest absolute Gasteiger partial charge is 0.368 e. The summed E-state index contributed by atoms with van der Waals surface area (Å²) in [4.78, 5) is 7.52. The number of nitrogens with two attached hydrogens (primary N) is 1. The maximum atomic E-state index is 13.5. The number of nitrogen functional groups attached to an aromatic ring is 1. The first kappa shape index (κ1) is 13.1. The summed E-state index contributed by atoms with van der Waals surface area (Å²) in [5.41, 5.74) is 5.47. The van der Waals surface area contributed by atoms with Crippen molar-refractivity contribution < 1.29 is 4.39 Å². The van der Waals surface area contributed by atoms with Crippen LogP contribution in [0.15, 0.2) is 6.20 Å². The lowest BCUT2D eigenvalue weighted by atomic mass is 9.83. The van der Waals surface area contributed by atoms with Gasteiger partial charge in [0.25, 0.3) is 0 Å². The minimum absolute atomic E-state index is 0.110. The highest BCUT2D eigenvalue weighted by atomic mass is 19.1. The van der Waals surface area contributed by atoms with Gasteiger partial charge in [-0.25, -0.2) is 9.37 Å². The summed E-state index contributed by atoms with van der Waals surface area (Å²) in [6.07, 6.45) is 8.26. The van der Waals surface area contributed by atoms with Gasteiger partial charge >= 0.3 is 0 Å². The van der Waals surface area contributed by atoms with Crippen LogP contribution in [-0.4, -0.2) is 16.0 Å².